The van der Waals surface area contributed by atoms with E-state index in [1.54, 1.807) is 0 Å². The van der Waals surface area contributed by atoms with Crippen molar-refractivity contribution in [2.75, 3.05) is 9.80 Å². The number of aryl methyl sites for hydroxylation is 2. The Labute approximate surface area is 427 Å². The average molecular weight is 1020 g/mol. The molecule has 3 nitrogen and oxygen atoms in total. The molecule has 0 radical (unpaired) electrons. The number of furan rings is 1. The van der Waals surface area contributed by atoms with Crippen molar-refractivity contribution >= 4 is 85.3 Å². The van der Waals surface area contributed by atoms with Crippen LogP contribution in [0, 0.1) is 13.8 Å². The van der Waals surface area contributed by atoms with Crippen molar-refractivity contribution in [1.82, 2.24) is 0 Å². The quantitative estimate of drug-likeness (QED) is 0.0999. The molecule has 5 aromatic carbocycles. The van der Waals surface area contributed by atoms with E-state index in [-0.39, 0.29) is 49.2 Å². The van der Waals surface area contributed by atoms with Crippen molar-refractivity contribution < 1.29 is 4.42 Å². The van der Waals surface area contributed by atoms with Gasteiger partial charge < -0.3 is 14.2 Å². The maximum Gasteiger partial charge on any atom is 0.297 e. The summed E-state index contributed by atoms with van der Waals surface area (Å²) in [4.78, 5) is 5.46. The lowest BCUT2D eigenvalue weighted by atomic mass is 9.35. The molecule has 6 aromatic rings. The number of hydrogen-bond acceptors (Lipinski definition) is 3. The molecule has 4 aliphatic carbocycles. The van der Waals surface area contributed by atoms with Crippen LogP contribution in [-0.2, 0) is 30.5 Å². The molecule has 0 saturated heterocycles. The molecule has 0 spiro atoms. The number of halogens is 1. The molecule has 3 unspecified atom stereocenters. The van der Waals surface area contributed by atoms with Crippen LogP contribution in [0.1, 0.15) is 178 Å². The van der Waals surface area contributed by atoms with Crippen molar-refractivity contribution in [3.63, 3.8) is 0 Å². The van der Waals surface area contributed by atoms with E-state index >= 15 is 0 Å². The highest BCUT2D eigenvalue weighted by molar-refractivity contribution is 14.1. The van der Waals surface area contributed by atoms with Gasteiger partial charge in [0.15, 0.2) is 0 Å². The summed E-state index contributed by atoms with van der Waals surface area (Å²) in [6, 6.07) is 32.3. The van der Waals surface area contributed by atoms with Crippen LogP contribution >= 0.6 is 22.6 Å². The Balaban J connectivity index is 1.21. The van der Waals surface area contributed by atoms with Crippen LogP contribution < -0.4 is 26.4 Å². The Kier molecular flexibility index (Phi) is 9.79. The summed E-state index contributed by atoms with van der Waals surface area (Å²) in [5.74, 6) is 0.153. The molecule has 0 fully saturated rings. The molecular weight excluding hydrogens is 950 g/mol. The predicted octanol–water partition coefficient (Wildman–Crippen LogP) is 15.9. The minimum Gasteiger partial charge on any atom is -0.468 e. The Morgan fingerprint density at radius 2 is 1.14 bits per heavy atom. The zero-order valence-electron chi connectivity index (χ0n) is 43.9. The number of nitrogens with zero attached hydrogens (tertiary/aromatic N) is 2. The summed E-state index contributed by atoms with van der Waals surface area (Å²) in [5.41, 5.74) is 25.5. The van der Waals surface area contributed by atoms with Crippen molar-refractivity contribution in [2.45, 2.75) is 178 Å². The van der Waals surface area contributed by atoms with Gasteiger partial charge in [-0.3, -0.25) is 0 Å². The third-order valence-corrected chi connectivity index (χ3v) is 19.8. The normalized spacial score (nSPS) is 25.0. The van der Waals surface area contributed by atoms with Crippen LogP contribution in [0.15, 0.2) is 107 Å². The van der Waals surface area contributed by atoms with Crippen LogP contribution in [0.3, 0.4) is 0 Å². The second kappa shape index (κ2) is 14.8. The van der Waals surface area contributed by atoms with Crippen LogP contribution in [0.4, 0.5) is 28.4 Å². The standard InChI is InChI=1S/C64H72BIN2O/c1-37-15-18-40(19-16-37)42-21-17-38(2)29-51(42)68-52-35-47-46(61(8,9)25-26-62(47,10)11)34-50(52)65-56-53(30-39(3)31-54(56)68)67(41-20-22-44-45(32-41)60(6,7)24-23-59(44,4)5)57-43-33-49-48(36-55(43)69-58(57)65)63(12,13)27-28-64(49,14)66/h15-22,29-36,42,51H,23-28H2,1-14H3. The summed E-state index contributed by atoms with van der Waals surface area (Å²) in [5, 5.41) is 1.23. The molecule has 3 heterocycles. The van der Waals surface area contributed by atoms with Gasteiger partial charge in [-0.15, -0.1) is 0 Å². The van der Waals surface area contributed by atoms with Crippen LogP contribution in [0.25, 0.3) is 11.0 Å². The first-order valence-corrected chi connectivity index (χ1v) is 27.3. The van der Waals surface area contributed by atoms with Gasteiger partial charge in [-0.05, 0) is 191 Å². The fourth-order valence-electron chi connectivity index (χ4n) is 14.0. The molecule has 3 atom stereocenters. The maximum absolute atomic E-state index is 7.74. The van der Waals surface area contributed by atoms with Crippen molar-refractivity contribution in [3.8, 4) is 0 Å². The maximum atomic E-state index is 7.74. The minimum atomic E-state index is -0.0994. The molecule has 6 aliphatic rings. The third kappa shape index (κ3) is 6.76. The Morgan fingerprint density at radius 3 is 1.81 bits per heavy atom. The molecule has 0 bridgehead atoms. The predicted molar refractivity (Wildman–Crippen MR) is 304 cm³/mol. The lowest BCUT2D eigenvalue weighted by Gasteiger charge is -2.49. The van der Waals surface area contributed by atoms with Crippen LogP contribution in [0.5, 0.6) is 0 Å². The SMILES string of the molecule is CC1=CC(N2c3cc4c(cc3B3c5oc6cc7c(cc6c5N(c5ccc6c(c5)C(C)(C)CCC6(C)C)c5cc(C)cc2c53)C(C)(I)CCC7(C)C)C(C)(C)CCC4(C)C)C(c2ccc(C)cc2)C=C1. The van der Waals surface area contributed by atoms with Crippen molar-refractivity contribution in [2.24, 2.45) is 0 Å². The van der Waals surface area contributed by atoms with E-state index in [0.717, 1.165) is 30.5 Å². The summed E-state index contributed by atoms with van der Waals surface area (Å²) in [6.45, 7) is 33.8. The number of anilines is 5. The zero-order valence-corrected chi connectivity index (χ0v) is 46.1. The molecule has 69 heavy (non-hydrogen) atoms. The van der Waals surface area contributed by atoms with Gasteiger partial charge in [-0.25, -0.2) is 0 Å². The van der Waals surface area contributed by atoms with Crippen LogP contribution in [-0.4, -0.2) is 12.8 Å². The monoisotopic (exact) mass is 1020 g/mol. The topological polar surface area (TPSA) is 19.6 Å². The lowest BCUT2D eigenvalue weighted by Crippen LogP contribution is -2.63. The molecule has 0 N–H and O–H groups in total. The number of hydrogen-bond donors (Lipinski definition) is 0. The average Bonchev–Trinajstić information content (AvgIpc) is 3.66. The van der Waals surface area contributed by atoms with Gasteiger partial charge in [0.1, 0.15) is 5.58 Å². The second-order valence-corrected chi connectivity index (χ2v) is 28.4. The van der Waals surface area contributed by atoms with E-state index in [2.05, 4.69) is 226 Å². The Bertz CT molecular complexity index is 3240. The van der Waals surface area contributed by atoms with Crippen LogP contribution in [0.2, 0.25) is 0 Å². The molecule has 12 rings (SSSR count). The van der Waals surface area contributed by atoms with E-state index in [0.29, 0.717) is 0 Å². The van der Waals surface area contributed by atoms with Gasteiger partial charge in [-0.2, -0.15) is 0 Å². The Morgan fingerprint density at radius 1 is 0.565 bits per heavy atom. The summed E-state index contributed by atoms with van der Waals surface area (Å²) in [6.07, 6.45) is 14.4. The van der Waals surface area contributed by atoms with Gasteiger partial charge in [-0.1, -0.05) is 158 Å². The van der Waals surface area contributed by atoms with E-state index in [4.69, 9.17) is 4.42 Å². The largest absolute Gasteiger partial charge is 0.468 e. The van der Waals surface area contributed by atoms with Gasteiger partial charge >= 0.3 is 0 Å². The smallest absolute Gasteiger partial charge is 0.297 e. The molecule has 0 amide bonds. The molecule has 5 heteroatoms. The number of rotatable bonds is 3. The van der Waals surface area contributed by atoms with E-state index in [1.807, 2.05) is 0 Å². The highest BCUT2D eigenvalue weighted by atomic mass is 127. The molecule has 0 saturated carbocycles. The highest BCUT2D eigenvalue weighted by Crippen LogP contribution is 2.56. The lowest BCUT2D eigenvalue weighted by molar-refractivity contribution is 0.332. The van der Waals surface area contributed by atoms with Crippen molar-refractivity contribution in [3.05, 3.63) is 153 Å². The first kappa shape index (κ1) is 45.6. The number of benzene rings is 5. The molecule has 2 aliphatic heterocycles. The van der Waals surface area contributed by atoms with E-state index < -0.39 is 0 Å². The summed E-state index contributed by atoms with van der Waals surface area (Å²) >= 11 is 2.76. The fourth-order valence-corrected chi connectivity index (χ4v) is 14.7. The summed E-state index contributed by atoms with van der Waals surface area (Å²) < 4.78 is 7.76. The van der Waals surface area contributed by atoms with Gasteiger partial charge in [0.05, 0.1) is 17.4 Å². The number of fused-ring (bicyclic) bond motifs is 9. The molecule has 1 aromatic heterocycles. The number of allylic oxidation sites excluding steroid dienone is 2. The van der Waals surface area contributed by atoms with Gasteiger partial charge in [0, 0.05) is 37.5 Å². The van der Waals surface area contributed by atoms with E-state index in [9.17, 15) is 0 Å². The first-order valence-electron chi connectivity index (χ1n) is 26.2. The highest BCUT2D eigenvalue weighted by Gasteiger charge is 2.51. The second-order valence-electron chi connectivity index (χ2n) is 26.1. The minimum absolute atomic E-state index is 0.0208. The summed E-state index contributed by atoms with van der Waals surface area (Å²) in [7, 11) is 0. The first-order chi connectivity index (χ1) is 32.4. The van der Waals surface area contributed by atoms with Crippen molar-refractivity contribution in [1.29, 1.82) is 0 Å². The Hall–Kier alpha value is -4.49. The molecular formula is C64H72BIN2O. The number of alkyl halides is 1. The third-order valence-electron chi connectivity index (χ3n) is 18.7. The van der Waals surface area contributed by atoms with E-state index in [1.165, 1.54) is 120 Å². The fraction of sp³-hybridized carbons (Fsp3) is 0.438. The molecule has 354 valence electrons. The van der Waals surface area contributed by atoms with Gasteiger partial charge in [0.25, 0.3) is 6.71 Å². The zero-order chi connectivity index (χ0) is 48.7. The van der Waals surface area contributed by atoms with Gasteiger partial charge in [0.2, 0.25) is 0 Å².